The molecule has 0 atom stereocenters. The van der Waals surface area contributed by atoms with E-state index < -0.39 is 0 Å². The van der Waals surface area contributed by atoms with Gasteiger partial charge >= 0.3 is 0 Å². The Balaban J connectivity index is 2.21. The molecular formula is C18H18O2. The smallest absolute Gasteiger partial charge is 0.125 e. The first-order valence-corrected chi connectivity index (χ1v) is 6.54. The van der Waals surface area contributed by atoms with E-state index in [9.17, 15) is 10.2 Å². The van der Waals surface area contributed by atoms with Crippen molar-refractivity contribution in [2.45, 2.75) is 12.8 Å². The van der Waals surface area contributed by atoms with Gasteiger partial charge in [0.2, 0.25) is 0 Å². The normalized spacial score (nSPS) is 10.2. The van der Waals surface area contributed by atoms with E-state index in [-0.39, 0.29) is 11.5 Å². The number of aromatic hydroxyl groups is 2. The molecule has 0 saturated heterocycles. The quantitative estimate of drug-likeness (QED) is 0.852. The van der Waals surface area contributed by atoms with Gasteiger partial charge in [0.15, 0.2) is 0 Å². The van der Waals surface area contributed by atoms with Crippen molar-refractivity contribution >= 4 is 12.2 Å². The summed E-state index contributed by atoms with van der Waals surface area (Å²) >= 11 is 0. The fourth-order valence-electron chi connectivity index (χ4n) is 2.22. The lowest BCUT2D eigenvalue weighted by Crippen LogP contribution is -1.94. The molecule has 2 rings (SSSR count). The number of rotatable bonds is 5. The van der Waals surface area contributed by atoms with Gasteiger partial charge < -0.3 is 10.2 Å². The molecular weight excluding hydrogens is 248 g/mol. The Bertz CT molecular complexity index is 584. The number of aryl methyl sites for hydroxylation is 2. The molecule has 0 aliphatic rings. The van der Waals surface area contributed by atoms with Crippen LogP contribution >= 0.6 is 0 Å². The van der Waals surface area contributed by atoms with Gasteiger partial charge in [0.05, 0.1) is 0 Å². The highest BCUT2D eigenvalue weighted by Gasteiger charge is 2.08. The largest absolute Gasteiger partial charge is 0.507 e. The van der Waals surface area contributed by atoms with E-state index in [1.54, 1.807) is 12.2 Å². The maximum Gasteiger partial charge on any atom is 0.125 e. The molecule has 2 heteroatoms. The lowest BCUT2D eigenvalue weighted by Gasteiger charge is -2.09. The number of hydrogen-bond acceptors (Lipinski definition) is 2. The molecule has 0 bridgehead atoms. The summed E-state index contributed by atoms with van der Waals surface area (Å²) in [4.78, 5) is 0. The molecule has 2 aromatic carbocycles. The van der Waals surface area contributed by atoms with Crippen LogP contribution < -0.4 is 0 Å². The summed E-state index contributed by atoms with van der Waals surface area (Å²) in [5, 5.41) is 20.2. The maximum absolute atomic E-state index is 10.1. The van der Waals surface area contributed by atoms with Crippen LogP contribution in [0.3, 0.4) is 0 Å². The minimum Gasteiger partial charge on any atom is -0.507 e. The molecule has 20 heavy (non-hydrogen) atoms. The Hall–Kier alpha value is -2.48. The third-order valence-electron chi connectivity index (χ3n) is 3.41. The summed E-state index contributed by atoms with van der Waals surface area (Å²) in [6.07, 6.45) is 4.58. The monoisotopic (exact) mass is 266 g/mol. The van der Waals surface area contributed by atoms with Gasteiger partial charge in [-0.05, 0) is 24.0 Å². The molecule has 0 saturated carbocycles. The van der Waals surface area contributed by atoms with E-state index in [0.717, 1.165) is 22.3 Å². The van der Waals surface area contributed by atoms with Crippen molar-refractivity contribution in [3.63, 3.8) is 0 Å². The van der Waals surface area contributed by atoms with Crippen molar-refractivity contribution in [2.75, 3.05) is 0 Å². The van der Waals surface area contributed by atoms with Crippen LogP contribution in [0.1, 0.15) is 22.3 Å². The predicted molar refractivity (Wildman–Crippen MR) is 83.8 cm³/mol. The topological polar surface area (TPSA) is 40.5 Å². The zero-order valence-electron chi connectivity index (χ0n) is 11.3. The SMILES string of the molecule is C=Cc1cccc(CCc2cccc(C=C)c2O)c1O. The van der Waals surface area contributed by atoms with E-state index in [2.05, 4.69) is 13.2 Å². The first-order valence-electron chi connectivity index (χ1n) is 6.54. The average molecular weight is 266 g/mol. The Morgan fingerprint density at radius 3 is 1.50 bits per heavy atom. The zero-order chi connectivity index (χ0) is 14.5. The Morgan fingerprint density at radius 1 is 0.750 bits per heavy atom. The summed E-state index contributed by atoms with van der Waals surface area (Å²) in [6, 6.07) is 11.2. The third-order valence-corrected chi connectivity index (χ3v) is 3.41. The van der Waals surface area contributed by atoms with Crippen molar-refractivity contribution in [1.82, 2.24) is 0 Å². The molecule has 2 N–H and O–H groups in total. The molecule has 0 fully saturated rings. The van der Waals surface area contributed by atoms with Gasteiger partial charge in [-0.3, -0.25) is 0 Å². The van der Waals surface area contributed by atoms with E-state index in [1.165, 1.54) is 0 Å². The second-order valence-corrected chi connectivity index (χ2v) is 4.62. The van der Waals surface area contributed by atoms with Crippen LogP contribution in [-0.4, -0.2) is 10.2 Å². The molecule has 0 aliphatic heterocycles. The number of para-hydroxylation sites is 2. The van der Waals surface area contributed by atoms with Crippen LogP contribution in [0.5, 0.6) is 11.5 Å². The summed E-state index contributed by atoms with van der Waals surface area (Å²) < 4.78 is 0. The van der Waals surface area contributed by atoms with E-state index in [4.69, 9.17) is 0 Å². The van der Waals surface area contributed by atoms with Gasteiger partial charge in [-0.15, -0.1) is 0 Å². The second kappa shape index (κ2) is 6.11. The molecule has 0 heterocycles. The highest BCUT2D eigenvalue weighted by atomic mass is 16.3. The summed E-state index contributed by atoms with van der Waals surface area (Å²) in [7, 11) is 0. The minimum absolute atomic E-state index is 0.266. The zero-order valence-corrected chi connectivity index (χ0v) is 11.3. The Morgan fingerprint density at radius 2 is 1.15 bits per heavy atom. The second-order valence-electron chi connectivity index (χ2n) is 4.62. The third kappa shape index (κ3) is 2.75. The van der Waals surface area contributed by atoms with Gasteiger partial charge in [0, 0.05) is 11.1 Å². The molecule has 2 aromatic rings. The number of phenols is 2. The van der Waals surface area contributed by atoms with E-state index in [0.29, 0.717) is 12.8 Å². The minimum atomic E-state index is 0.266. The van der Waals surface area contributed by atoms with Crippen LogP contribution in [0, 0.1) is 0 Å². The van der Waals surface area contributed by atoms with Gasteiger partial charge in [-0.2, -0.15) is 0 Å². The number of hydrogen-bond donors (Lipinski definition) is 2. The first kappa shape index (κ1) is 13.9. The highest BCUT2D eigenvalue weighted by molar-refractivity contribution is 5.59. The van der Waals surface area contributed by atoms with Crippen molar-refractivity contribution in [1.29, 1.82) is 0 Å². The van der Waals surface area contributed by atoms with Crippen molar-refractivity contribution < 1.29 is 10.2 Å². The van der Waals surface area contributed by atoms with Crippen molar-refractivity contribution in [3.05, 3.63) is 71.8 Å². The summed E-state index contributed by atoms with van der Waals surface area (Å²) in [5.74, 6) is 0.531. The molecule has 0 aliphatic carbocycles. The summed E-state index contributed by atoms with van der Waals surface area (Å²) in [6.45, 7) is 7.35. The van der Waals surface area contributed by atoms with Gasteiger partial charge in [0.25, 0.3) is 0 Å². The van der Waals surface area contributed by atoms with Crippen LogP contribution in [0.4, 0.5) is 0 Å². The number of phenolic OH excluding ortho intramolecular Hbond substituents is 2. The fourth-order valence-corrected chi connectivity index (χ4v) is 2.22. The van der Waals surface area contributed by atoms with Gasteiger partial charge in [-0.1, -0.05) is 61.7 Å². The molecule has 0 amide bonds. The first-order chi connectivity index (χ1) is 9.67. The van der Waals surface area contributed by atoms with Crippen LogP contribution in [-0.2, 0) is 12.8 Å². The van der Waals surface area contributed by atoms with Crippen LogP contribution in [0.25, 0.3) is 12.2 Å². The number of benzene rings is 2. The van der Waals surface area contributed by atoms with Gasteiger partial charge in [-0.25, -0.2) is 0 Å². The van der Waals surface area contributed by atoms with Gasteiger partial charge in [0.1, 0.15) is 11.5 Å². The Labute approximate surface area is 119 Å². The van der Waals surface area contributed by atoms with Crippen LogP contribution in [0.2, 0.25) is 0 Å². The van der Waals surface area contributed by atoms with Crippen LogP contribution in [0.15, 0.2) is 49.6 Å². The maximum atomic E-state index is 10.1. The predicted octanol–water partition coefficient (Wildman–Crippen LogP) is 4.17. The molecule has 0 spiro atoms. The van der Waals surface area contributed by atoms with E-state index in [1.807, 2.05) is 36.4 Å². The summed E-state index contributed by atoms with van der Waals surface area (Å²) in [5.41, 5.74) is 3.16. The Kier molecular flexibility index (Phi) is 4.26. The lowest BCUT2D eigenvalue weighted by atomic mass is 9.99. The molecule has 0 unspecified atom stereocenters. The lowest BCUT2D eigenvalue weighted by molar-refractivity contribution is 0.461. The standard InChI is InChI=1S/C18H18O2/c1-3-13-7-5-9-15(17(13)19)11-12-16-10-6-8-14(4-2)18(16)20/h3-10,19-20H,1-2,11-12H2. The molecule has 0 aromatic heterocycles. The molecule has 2 nitrogen and oxygen atoms in total. The molecule has 0 radical (unpaired) electrons. The van der Waals surface area contributed by atoms with E-state index >= 15 is 0 Å². The fraction of sp³-hybridized carbons (Fsp3) is 0.111. The van der Waals surface area contributed by atoms with Crippen molar-refractivity contribution in [2.24, 2.45) is 0 Å². The highest BCUT2D eigenvalue weighted by Crippen LogP contribution is 2.28. The molecule has 102 valence electrons. The van der Waals surface area contributed by atoms with Crippen molar-refractivity contribution in [3.8, 4) is 11.5 Å². The average Bonchev–Trinajstić information content (AvgIpc) is 2.47.